The van der Waals surface area contributed by atoms with E-state index in [2.05, 4.69) is 0 Å². The highest BCUT2D eigenvalue weighted by Gasteiger charge is 2.48. The lowest BCUT2D eigenvalue weighted by molar-refractivity contribution is 0.660. The van der Waals surface area contributed by atoms with Crippen LogP contribution in [0.15, 0.2) is 236 Å². The van der Waals surface area contributed by atoms with Gasteiger partial charge in [-0.05, 0) is 74.4 Å². The van der Waals surface area contributed by atoms with Crippen molar-refractivity contribution in [2.75, 3.05) is 4.90 Å². The highest BCUT2D eigenvalue weighted by molar-refractivity contribution is 6.09. The molecule has 0 N–H and O–H groups in total. The zero-order valence-electron chi connectivity index (χ0n) is 62.6. The average molecular weight is 836 g/mol. The predicted molar refractivity (Wildman–Crippen MR) is 266 cm³/mol. The number of benzene rings is 10. The standard InChI is InChI=1S/C61H45N2/c1-61(2)53-29-16-14-28-52(53)60-54(61)30-18-31-55(60)62(56-40-37-44-21-12-13-26-49(44)59(56)45-35-33-43(34-36-45)42-19-6-3-7-20-42)46-38-39-51-50-27-15-17-32-57(50)63(58(51)41-46,47-22-8-4-9-23-47)48-24-10-5-11-25-48/h3-41H,1-2H3/q+1/i1D3,2D3,4D,5D,8D,9D,10D,11D,14D,15D,16D,17D,18D,22D,23D,24D,25D,27D,28D,29D,30D,31D,32D,38D,39D,41D. The van der Waals surface area contributed by atoms with Crippen molar-refractivity contribution in [1.82, 2.24) is 4.48 Å². The summed E-state index contributed by atoms with van der Waals surface area (Å²) in [5.41, 5.74) is -14.5. The smallest absolute Gasteiger partial charge is 0.158 e. The molecule has 1 heterocycles. The molecule has 2 nitrogen and oxygen atoms in total. The summed E-state index contributed by atoms with van der Waals surface area (Å²) >= 11 is 0. The summed E-state index contributed by atoms with van der Waals surface area (Å²) < 4.78 is 282. The van der Waals surface area contributed by atoms with E-state index in [-0.39, 0.29) is 16.8 Å². The molecular weight excluding hydrogens is 761 g/mol. The maximum Gasteiger partial charge on any atom is 0.158 e. The van der Waals surface area contributed by atoms with Crippen LogP contribution in [0.5, 0.6) is 0 Å². The lowest BCUT2D eigenvalue weighted by Crippen LogP contribution is -2.31. The molecule has 0 saturated heterocycles. The van der Waals surface area contributed by atoms with Crippen LogP contribution < -0.4 is 9.38 Å². The fourth-order valence-electron chi connectivity index (χ4n) is 8.72. The molecular formula is C61H45N2+. The van der Waals surface area contributed by atoms with Crippen molar-refractivity contribution < 1.29 is 41.1 Å². The Morgan fingerprint density at radius 2 is 1.06 bits per heavy atom. The SMILES string of the molecule is [2H]c1c([2H])c([2H])c([N+]2(c3c([2H])c([2H])c([2H])c([2H])c3[2H])c3c([2H])c([2H])c([2H])c([2H])c3-c3c([2H])c([2H])c(N(c4ccc5ccccc5c4-c4ccc(-c5ccccc5)cc4)c4c([2H])c([2H])c([2H])c5c4-c4c([2H])c([2H])c([2H])c([2H])c4C5(C([2H])([2H])[2H])C([2H])([2H])[2H])c([2H])c32)c([2H])c1[2H]. The number of rotatable bonds is 7. The van der Waals surface area contributed by atoms with Crippen LogP contribution in [0.2, 0.25) is 0 Å². The Balaban J connectivity index is 1.41. The first kappa shape index (κ1) is 17.5. The van der Waals surface area contributed by atoms with Gasteiger partial charge in [-0.1, -0.05) is 183 Å². The first-order valence-electron chi connectivity index (χ1n) is 34.5. The predicted octanol–water partition coefficient (Wildman–Crippen LogP) is 17.2. The number of fused-ring (bicyclic) bond motifs is 7. The van der Waals surface area contributed by atoms with Crippen LogP contribution in [0.1, 0.15) is 66.0 Å². The van der Waals surface area contributed by atoms with E-state index < -0.39 is 236 Å². The maximum atomic E-state index is 11.1. The summed E-state index contributed by atoms with van der Waals surface area (Å²) in [7, 11) is 0. The lowest BCUT2D eigenvalue weighted by atomic mass is 9.82. The van der Waals surface area contributed by atoms with Gasteiger partial charge >= 0.3 is 0 Å². The number of hydrogen-bond donors (Lipinski definition) is 0. The van der Waals surface area contributed by atoms with Crippen molar-refractivity contribution in [2.24, 2.45) is 0 Å². The second-order valence-corrected chi connectivity index (χ2v) is 14.7. The van der Waals surface area contributed by atoms with Gasteiger partial charge in [0.25, 0.3) is 0 Å². The minimum absolute atomic E-state index is 0.0686. The molecule has 0 bridgehead atoms. The Morgan fingerprint density at radius 1 is 0.444 bits per heavy atom. The third-order valence-electron chi connectivity index (χ3n) is 11.4. The van der Waals surface area contributed by atoms with Crippen LogP contribution in [0, 0.1) is 0 Å². The first-order chi connectivity index (χ1) is 43.5. The van der Waals surface area contributed by atoms with E-state index in [1.807, 2.05) is 12.1 Å². The van der Waals surface area contributed by atoms with Crippen LogP contribution in [-0.2, 0) is 5.41 Å². The number of anilines is 3. The maximum absolute atomic E-state index is 11.1. The first-order valence-corrected chi connectivity index (χ1v) is 19.5. The minimum Gasteiger partial charge on any atom is -0.309 e. The topological polar surface area (TPSA) is 3.24 Å². The van der Waals surface area contributed by atoms with Crippen molar-refractivity contribution in [1.29, 1.82) is 0 Å². The molecule has 2 aliphatic rings. The van der Waals surface area contributed by atoms with Crippen LogP contribution >= 0.6 is 0 Å². The number of nitrogens with zero attached hydrogens (tertiary/aromatic N) is 2. The van der Waals surface area contributed by atoms with Crippen molar-refractivity contribution >= 4 is 50.6 Å². The summed E-state index contributed by atoms with van der Waals surface area (Å²) in [5, 5.41) is 0.778. The van der Waals surface area contributed by atoms with Gasteiger partial charge in [0.1, 0.15) is 11.4 Å². The number of hydrogen-bond acceptors (Lipinski definition) is 1. The fourth-order valence-corrected chi connectivity index (χ4v) is 8.72. The monoisotopic (exact) mass is 836 g/mol. The van der Waals surface area contributed by atoms with Gasteiger partial charge in [0.15, 0.2) is 11.4 Å². The molecule has 0 radical (unpaired) electrons. The summed E-state index contributed by atoms with van der Waals surface area (Å²) in [4.78, 5) is 0.825. The zero-order valence-corrected chi connectivity index (χ0v) is 32.6. The van der Waals surface area contributed by atoms with Gasteiger partial charge in [-0.2, -0.15) is 4.48 Å². The molecule has 10 aromatic rings. The van der Waals surface area contributed by atoms with Crippen molar-refractivity contribution in [3.05, 3.63) is 247 Å². The van der Waals surface area contributed by atoms with Gasteiger partial charge in [0.2, 0.25) is 0 Å². The molecule has 1 aliphatic heterocycles. The van der Waals surface area contributed by atoms with Gasteiger partial charge in [-0.25, -0.2) is 0 Å². The highest BCUT2D eigenvalue weighted by Crippen LogP contribution is 2.64. The van der Waals surface area contributed by atoms with Crippen molar-refractivity contribution in [3.8, 4) is 44.5 Å². The Bertz CT molecular complexity index is 4860. The Morgan fingerprint density at radius 3 is 1.83 bits per heavy atom. The van der Waals surface area contributed by atoms with Crippen molar-refractivity contribution in [3.63, 3.8) is 0 Å². The molecule has 0 atom stereocenters. The van der Waals surface area contributed by atoms with E-state index in [1.165, 1.54) is 12.1 Å². The van der Waals surface area contributed by atoms with Crippen molar-refractivity contribution in [2.45, 2.75) is 19.1 Å². The van der Waals surface area contributed by atoms with Gasteiger partial charge in [-0.15, -0.1) is 0 Å². The Kier molecular flexibility index (Phi) is 4.01. The Hall–Kier alpha value is -7.78. The average Bonchev–Trinajstić information content (AvgIpc) is 1.52. The number of para-hydroxylation sites is 3. The van der Waals surface area contributed by atoms with Gasteiger partial charge in [-0.3, -0.25) is 0 Å². The van der Waals surface area contributed by atoms with Crippen LogP contribution in [0.25, 0.3) is 55.3 Å². The van der Waals surface area contributed by atoms with E-state index in [4.69, 9.17) is 12.3 Å². The summed E-state index contributed by atoms with van der Waals surface area (Å²) in [6.07, 6.45) is 0. The van der Waals surface area contributed by atoms with Gasteiger partial charge < -0.3 is 4.90 Å². The lowest BCUT2D eigenvalue weighted by Gasteiger charge is -2.35. The zero-order chi connectivity index (χ0) is 68.0. The third kappa shape index (κ3) is 5.55. The normalized spacial score (nSPS) is 21.0. The summed E-state index contributed by atoms with van der Waals surface area (Å²) in [6.45, 7) is -7.93. The largest absolute Gasteiger partial charge is 0.309 e. The molecule has 10 aromatic carbocycles. The second kappa shape index (κ2) is 14.4. The molecule has 1 aliphatic carbocycles. The van der Waals surface area contributed by atoms with Crippen LogP contribution in [0.4, 0.5) is 39.8 Å². The van der Waals surface area contributed by atoms with Gasteiger partial charge in [0, 0.05) is 61.0 Å². The molecule has 12 rings (SSSR count). The van der Waals surface area contributed by atoms with Crippen LogP contribution in [0.3, 0.4) is 0 Å². The van der Waals surface area contributed by atoms with E-state index in [0.717, 1.165) is 10.5 Å². The van der Waals surface area contributed by atoms with Gasteiger partial charge in [0.05, 0.1) is 61.1 Å². The molecule has 0 saturated carbocycles. The van der Waals surface area contributed by atoms with E-state index in [1.54, 1.807) is 66.7 Å². The molecule has 0 unspecified atom stereocenters. The second-order valence-electron chi connectivity index (χ2n) is 14.7. The quantitative estimate of drug-likeness (QED) is 0.145. The molecule has 63 heavy (non-hydrogen) atoms. The summed E-state index contributed by atoms with van der Waals surface area (Å²) in [5.74, 6) is 0. The third-order valence-corrected chi connectivity index (χ3v) is 11.4. The van der Waals surface area contributed by atoms with E-state index in [0.29, 0.717) is 16.3 Å². The molecule has 0 fully saturated rings. The molecule has 298 valence electrons. The molecule has 0 amide bonds. The minimum atomic E-state index is -3.96. The fraction of sp³-hybridized carbons (Fsp3) is 0.0492. The number of quaternary nitrogens is 1. The van der Waals surface area contributed by atoms with Crippen LogP contribution in [-0.4, -0.2) is 0 Å². The summed E-state index contributed by atoms with van der Waals surface area (Å²) in [6, 6.07) is -2.74. The highest BCUT2D eigenvalue weighted by atomic mass is 15.4. The van der Waals surface area contributed by atoms with E-state index in [9.17, 15) is 28.8 Å². The Labute approximate surface area is 412 Å². The molecule has 0 spiro atoms. The van der Waals surface area contributed by atoms with E-state index >= 15 is 0 Å². The molecule has 2 heteroatoms. The molecule has 0 aromatic heterocycles.